The Bertz CT molecular complexity index is 1210. The number of aromatic nitrogens is 3. The Morgan fingerprint density at radius 3 is 1.95 bits per heavy atom. The van der Waals surface area contributed by atoms with E-state index >= 15 is 0 Å². The number of hydrogen-bond donors (Lipinski definition) is 1. The molecule has 0 aliphatic rings. The molecule has 0 unspecified atom stereocenters. The van der Waals surface area contributed by atoms with Crippen molar-refractivity contribution in [2.24, 2.45) is 0 Å². The molecule has 0 aliphatic heterocycles. The first-order valence-corrected chi connectivity index (χ1v) is 13.2. The predicted octanol–water partition coefficient (Wildman–Crippen LogP) is 5.03. The fraction of sp³-hybridized carbons (Fsp3) is 0.407. The van der Waals surface area contributed by atoms with Crippen molar-refractivity contribution < 1.29 is 23.7 Å². The van der Waals surface area contributed by atoms with Crippen molar-refractivity contribution in [1.82, 2.24) is 20.5 Å². The highest BCUT2D eigenvalue weighted by Crippen LogP contribution is 2.38. The molecule has 2 aromatic carbocycles. The number of amides is 1. The van der Waals surface area contributed by atoms with E-state index in [1.165, 1.54) is 11.8 Å². The van der Waals surface area contributed by atoms with Gasteiger partial charge in [0.05, 0.1) is 33.2 Å². The van der Waals surface area contributed by atoms with Gasteiger partial charge in [0, 0.05) is 17.2 Å². The third-order valence-corrected chi connectivity index (χ3v) is 6.33. The van der Waals surface area contributed by atoms with Crippen LogP contribution in [0, 0.1) is 0 Å². The van der Waals surface area contributed by atoms with Gasteiger partial charge in [-0.1, -0.05) is 18.7 Å². The van der Waals surface area contributed by atoms with Gasteiger partial charge in [-0.05, 0) is 63.6 Å². The zero-order chi connectivity index (χ0) is 26.8. The number of benzene rings is 2. The quantitative estimate of drug-likeness (QED) is 0.307. The van der Waals surface area contributed by atoms with Crippen molar-refractivity contribution in [1.29, 1.82) is 0 Å². The van der Waals surface area contributed by atoms with Gasteiger partial charge in [-0.2, -0.15) is 0 Å². The van der Waals surface area contributed by atoms with E-state index in [9.17, 15) is 4.79 Å². The van der Waals surface area contributed by atoms with Gasteiger partial charge in [-0.25, -0.2) is 4.98 Å². The lowest BCUT2D eigenvalue weighted by molar-refractivity contribution is -0.119. The van der Waals surface area contributed by atoms with Gasteiger partial charge in [-0.15, -0.1) is 10.2 Å². The molecule has 3 rings (SSSR count). The second-order valence-corrected chi connectivity index (χ2v) is 9.00. The van der Waals surface area contributed by atoms with Gasteiger partial charge in [0.15, 0.2) is 23.0 Å². The first-order chi connectivity index (χ1) is 17.9. The summed E-state index contributed by atoms with van der Waals surface area (Å²) in [4.78, 5) is 17.1. The summed E-state index contributed by atoms with van der Waals surface area (Å²) < 4.78 is 22.4. The lowest BCUT2D eigenvalue weighted by atomic mass is 10.0. The summed E-state index contributed by atoms with van der Waals surface area (Å²) in [6.45, 7) is 8.86. The summed E-state index contributed by atoms with van der Waals surface area (Å²) in [5, 5.41) is 12.2. The van der Waals surface area contributed by atoms with Gasteiger partial charge < -0.3 is 24.3 Å². The van der Waals surface area contributed by atoms with Crippen LogP contribution in [0.1, 0.15) is 34.1 Å². The van der Waals surface area contributed by atoms with Crippen molar-refractivity contribution in [2.75, 3.05) is 33.2 Å². The first-order valence-electron chi connectivity index (χ1n) is 12.2. The molecule has 10 heteroatoms. The van der Waals surface area contributed by atoms with Crippen molar-refractivity contribution in [3.05, 3.63) is 36.4 Å². The van der Waals surface area contributed by atoms with E-state index < -0.39 is 0 Å². The highest BCUT2D eigenvalue weighted by Gasteiger charge is 2.19. The Labute approximate surface area is 222 Å². The highest BCUT2D eigenvalue weighted by atomic mass is 32.2. The monoisotopic (exact) mass is 526 g/mol. The van der Waals surface area contributed by atoms with Crippen LogP contribution in [0.2, 0.25) is 0 Å². The van der Waals surface area contributed by atoms with Crippen molar-refractivity contribution in [2.45, 2.75) is 45.3 Å². The Kier molecular flexibility index (Phi) is 10.4. The molecular weight excluding hydrogens is 492 g/mol. The Hall–Kier alpha value is -3.53. The van der Waals surface area contributed by atoms with E-state index in [0.29, 0.717) is 52.8 Å². The minimum Gasteiger partial charge on any atom is -0.493 e. The van der Waals surface area contributed by atoms with Gasteiger partial charge in [0.25, 0.3) is 0 Å². The van der Waals surface area contributed by atoms with E-state index in [1.54, 1.807) is 14.2 Å². The zero-order valence-corrected chi connectivity index (χ0v) is 23.0. The number of hydrogen-bond acceptors (Lipinski definition) is 9. The smallest absolute Gasteiger partial charge is 0.230 e. The van der Waals surface area contributed by atoms with Gasteiger partial charge >= 0.3 is 0 Å². The number of thioether (sulfide) groups is 1. The van der Waals surface area contributed by atoms with E-state index in [4.69, 9.17) is 23.9 Å². The molecule has 3 aromatic rings. The molecule has 0 saturated carbocycles. The lowest BCUT2D eigenvalue weighted by Gasteiger charge is -2.15. The summed E-state index contributed by atoms with van der Waals surface area (Å²) in [6.07, 6.45) is 0.860. The molecule has 0 bridgehead atoms. The second-order valence-electron chi connectivity index (χ2n) is 8.05. The normalized spacial score (nSPS) is 11.5. The predicted molar refractivity (Wildman–Crippen MR) is 145 cm³/mol. The summed E-state index contributed by atoms with van der Waals surface area (Å²) in [5.41, 5.74) is 2.67. The molecule has 0 fully saturated rings. The number of carbonyl (C=O) groups is 1. The maximum absolute atomic E-state index is 12.3. The largest absolute Gasteiger partial charge is 0.493 e. The fourth-order valence-electron chi connectivity index (χ4n) is 3.50. The van der Waals surface area contributed by atoms with Gasteiger partial charge in [0.2, 0.25) is 11.1 Å². The minimum absolute atomic E-state index is 0.0763. The summed E-state index contributed by atoms with van der Waals surface area (Å²) in [6, 6.07) is 11.3. The molecule has 0 spiro atoms. The maximum atomic E-state index is 12.3. The van der Waals surface area contributed by atoms with Crippen LogP contribution in [0.15, 0.2) is 41.6 Å². The fourth-order valence-corrected chi connectivity index (χ4v) is 4.09. The minimum atomic E-state index is -0.0763. The molecule has 1 heterocycles. The Morgan fingerprint density at radius 2 is 1.43 bits per heavy atom. The number of methoxy groups -OCH3 is 2. The third-order valence-electron chi connectivity index (χ3n) is 5.49. The van der Waals surface area contributed by atoms with E-state index in [1.807, 2.05) is 64.1 Å². The van der Waals surface area contributed by atoms with Crippen LogP contribution < -0.4 is 24.3 Å². The number of carbonyl (C=O) groups excluding carboxylic acids is 1. The standard InChI is InChI=1S/C27H34N4O5S/c1-7-17(4)28-24(32)16-37-27-29-25(18-10-12-20(35-8-2)22(14-18)33-5)26(30-31-27)19-11-13-21(36-9-3)23(15-19)34-6/h10-15,17H,7-9,16H2,1-6H3,(H,28,32)/t17-/m0/s1. The Morgan fingerprint density at radius 1 is 0.865 bits per heavy atom. The molecule has 0 aliphatic carbocycles. The molecular formula is C27H34N4O5S. The molecule has 1 N–H and O–H groups in total. The maximum Gasteiger partial charge on any atom is 0.230 e. The van der Waals surface area contributed by atoms with E-state index in [0.717, 1.165) is 17.5 Å². The van der Waals surface area contributed by atoms with Gasteiger partial charge in [0.1, 0.15) is 11.4 Å². The van der Waals surface area contributed by atoms with E-state index in [2.05, 4.69) is 15.5 Å². The Balaban J connectivity index is 2.05. The SMILES string of the molecule is CCOc1ccc(-c2nnc(SCC(=O)N[C@@H](C)CC)nc2-c2ccc(OCC)c(OC)c2)cc1OC. The average molecular weight is 527 g/mol. The van der Waals surface area contributed by atoms with Gasteiger partial charge in [-0.3, -0.25) is 4.79 Å². The molecule has 1 amide bonds. The first kappa shape index (κ1) is 28.0. The molecule has 1 aromatic heterocycles. The van der Waals surface area contributed by atoms with Crippen molar-refractivity contribution in [3.63, 3.8) is 0 Å². The molecule has 1 atom stereocenters. The number of ether oxygens (including phenoxy) is 4. The lowest BCUT2D eigenvalue weighted by Crippen LogP contribution is -2.33. The topological polar surface area (TPSA) is 105 Å². The third kappa shape index (κ3) is 7.25. The van der Waals surface area contributed by atoms with Crippen LogP contribution in [-0.2, 0) is 4.79 Å². The van der Waals surface area contributed by atoms with E-state index in [-0.39, 0.29) is 17.7 Å². The summed E-state index contributed by atoms with van der Waals surface area (Å²) in [5.74, 6) is 2.54. The van der Waals surface area contributed by atoms with Crippen LogP contribution in [-0.4, -0.2) is 60.3 Å². The van der Waals surface area contributed by atoms with Crippen LogP contribution in [0.4, 0.5) is 0 Å². The summed E-state index contributed by atoms with van der Waals surface area (Å²) >= 11 is 1.23. The molecule has 0 saturated heterocycles. The van der Waals surface area contributed by atoms with Crippen molar-refractivity contribution >= 4 is 17.7 Å². The second kappa shape index (κ2) is 13.7. The molecule has 0 radical (unpaired) electrons. The molecule has 37 heavy (non-hydrogen) atoms. The summed E-state index contributed by atoms with van der Waals surface area (Å²) in [7, 11) is 3.18. The zero-order valence-electron chi connectivity index (χ0n) is 22.2. The van der Waals surface area contributed by atoms with Crippen LogP contribution >= 0.6 is 11.8 Å². The van der Waals surface area contributed by atoms with Crippen LogP contribution in [0.3, 0.4) is 0 Å². The highest BCUT2D eigenvalue weighted by molar-refractivity contribution is 7.99. The van der Waals surface area contributed by atoms with Crippen LogP contribution in [0.5, 0.6) is 23.0 Å². The number of rotatable bonds is 13. The average Bonchev–Trinajstić information content (AvgIpc) is 2.92. The van der Waals surface area contributed by atoms with Crippen LogP contribution in [0.25, 0.3) is 22.5 Å². The number of nitrogens with zero attached hydrogens (tertiary/aromatic N) is 3. The number of nitrogens with one attached hydrogen (secondary N) is 1. The van der Waals surface area contributed by atoms with Crippen molar-refractivity contribution in [3.8, 4) is 45.5 Å². The molecule has 9 nitrogen and oxygen atoms in total. The molecule has 198 valence electrons.